The Kier molecular flexibility index (Phi) is 4.61. The minimum atomic E-state index is -0.703. The number of carbonyl (C=O) groups is 2. The van der Waals surface area contributed by atoms with Gasteiger partial charge in [0.1, 0.15) is 4.91 Å². The van der Waals surface area contributed by atoms with Crippen LogP contribution in [0.3, 0.4) is 0 Å². The van der Waals surface area contributed by atoms with Gasteiger partial charge in [-0.15, -0.1) is 10.2 Å². The van der Waals surface area contributed by atoms with E-state index in [1.54, 1.807) is 13.0 Å². The van der Waals surface area contributed by atoms with E-state index < -0.39 is 11.9 Å². The number of ether oxygens (including phenoxy) is 2. The molecule has 0 fully saturated rings. The first-order chi connectivity index (χ1) is 10.5. The summed E-state index contributed by atoms with van der Waals surface area (Å²) in [7, 11) is 2.41. The highest BCUT2D eigenvalue weighted by Gasteiger charge is 2.19. The van der Waals surface area contributed by atoms with Crippen LogP contribution < -0.4 is 5.73 Å². The first kappa shape index (κ1) is 15.8. The quantitative estimate of drug-likeness (QED) is 0.482. The van der Waals surface area contributed by atoms with Gasteiger partial charge in [-0.05, 0) is 18.7 Å². The molecule has 0 spiro atoms. The summed E-state index contributed by atoms with van der Waals surface area (Å²) in [4.78, 5) is 27.2. The second-order valence-corrected chi connectivity index (χ2v) is 5.07. The molecule has 2 aromatic heterocycles. The van der Waals surface area contributed by atoms with Crippen LogP contribution in [0.15, 0.2) is 22.2 Å². The van der Waals surface area contributed by atoms with Gasteiger partial charge in [0, 0.05) is 17.8 Å². The molecular weight excluding hydrogens is 310 g/mol. The van der Waals surface area contributed by atoms with Crippen LogP contribution in [-0.2, 0) is 19.1 Å². The molecule has 9 nitrogen and oxygen atoms in total. The van der Waals surface area contributed by atoms with E-state index in [1.165, 1.54) is 18.6 Å². The summed E-state index contributed by atoms with van der Waals surface area (Å²) in [5.74, 6) is -1.22. The number of anilines is 1. The molecule has 0 aliphatic carbocycles. The number of aromatic nitrogens is 4. The standard InChI is InChI=1S/C12H13N5O4S/c1-6-4-8-15-16-12(17(8)11(13)14-6)22-7(10(19)21-3)5-9(18)20-2/h4-5H,1-3H3,(H2,13,14). The summed E-state index contributed by atoms with van der Waals surface area (Å²) in [6, 6.07) is 1.69. The fraction of sp³-hybridized carbons (Fsp3) is 0.250. The number of nitrogens with zero attached hydrogens (tertiary/aromatic N) is 4. The van der Waals surface area contributed by atoms with E-state index in [9.17, 15) is 9.59 Å². The highest BCUT2D eigenvalue weighted by Crippen LogP contribution is 2.27. The molecule has 2 heterocycles. The van der Waals surface area contributed by atoms with Crippen molar-refractivity contribution in [1.29, 1.82) is 0 Å². The summed E-state index contributed by atoms with van der Waals surface area (Å²) in [6.45, 7) is 1.77. The van der Waals surface area contributed by atoms with Gasteiger partial charge < -0.3 is 15.2 Å². The molecular formula is C12H13N5O4S. The van der Waals surface area contributed by atoms with Crippen molar-refractivity contribution < 1.29 is 19.1 Å². The lowest BCUT2D eigenvalue weighted by Crippen LogP contribution is -2.07. The zero-order chi connectivity index (χ0) is 16.3. The fourth-order valence-electron chi connectivity index (χ4n) is 1.60. The Labute approximate surface area is 129 Å². The van der Waals surface area contributed by atoms with Crippen LogP contribution in [-0.4, -0.2) is 45.7 Å². The number of hydrogen-bond acceptors (Lipinski definition) is 9. The topological polar surface area (TPSA) is 122 Å². The number of aryl methyl sites for hydroxylation is 1. The molecule has 2 rings (SSSR count). The number of esters is 2. The Hall–Kier alpha value is -2.62. The molecule has 0 aliphatic heterocycles. The van der Waals surface area contributed by atoms with Gasteiger partial charge in [0.25, 0.3) is 0 Å². The number of carbonyl (C=O) groups excluding carboxylic acids is 2. The van der Waals surface area contributed by atoms with Crippen LogP contribution in [0.25, 0.3) is 5.65 Å². The smallest absolute Gasteiger partial charge is 0.345 e. The Balaban J connectivity index is 2.45. The van der Waals surface area contributed by atoms with Gasteiger partial charge >= 0.3 is 11.9 Å². The van der Waals surface area contributed by atoms with Gasteiger partial charge in [-0.2, -0.15) is 0 Å². The van der Waals surface area contributed by atoms with Gasteiger partial charge in [0.15, 0.2) is 5.65 Å². The number of hydrogen-bond donors (Lipinski definition) is 1. The van der Waals surface area contributed by atoms with Crippen molar-refractivity contribution in [3.63, 3.8) is 0 Å². The molecule has 116 valence electrons. The monoisotopic (exact) mass is 323 g/mol. The summed E-state index contributed by atoms with van der Waals surface area (Å²) in [5, 5.41) is 8.17. The summed E-state index contributed by atoms with van der Waals surface area (Å²) in [6.07, 6.45) is 1.01. The van der Waals surface area contributed by atoms with Crippen molar-refractivity contribution in [3.05, 3.63) is 22.7 Å². The normalized spacial score (nSPS) is 11.5. The van der Waals surface area contributed by atoms with Crippen molar-refractivity contribution in [2.75, 3.05) is 20.0 Å². The van der Waals surface area contributed by atoms with Gasteiger partial charge in [-0.25, -0.2) is 19.0 Å². The Morgan fingerprint density at radius 1 is 1.32 bits per heavy atom. The van der Waals surface area contributed by atoms with Crippen molar-refractivity contribution in [2.45, 2.75) is 12.1 Å². The van der Waals surface area contributed by atoms with Gasteiger partial charge in [-0.3, -0.25) is 0 Å². The zero-order valence-electron chi connectivity index (χ0n) is 12.1. The Morgan fingerprint density at radius 3 is 2.68 bits per heavy atom. The lowest BCUT2D eigenvalue weighted by Gasteiger charge is -2.05. The zero-order valence-corrected chi connectivity index (χ0v) is 12.9. The summed E-state index contributed by atoms with van der Waals surface area (Å²) < 4.78 is 10.6. The third-order valence-corrected chi connectivity index (χ3v) is 3.51. The molecule has 0 amide bonds. The number of nitrogens with two attached hydrogens (primary N) is 1. The molecule has 0 aliphatic rings. The molecule has 0 saturated carbocycles. The first-order valence-corrected chi connectivity index (χ1v) is 6.82. The minimum absolute atomic E-state index is 0.0105. The molecule has 2 N–H and O–H groups in total. The van der Waals surface area contributed by atoms with Crippen molar-refractivity contribution in [2.24, 2.45) is 0 Å². The average Bonchev–Trinajstić information content (AvgIpc) is 2.88. The number of thioether (sulfide) groups is 1. The molecule has 0 aromatic carbocycles. The van der Waals surface area contributed by atoms with E-state index in [0.29, 0.717) is 11.3 Å². The van der Waals surface area contributed by atoms with Gasteiger partial charge in [0.05, 0.1) is 14.2 Å². The van der Waals surface area contributed by atoms with E-state index in [-0.39, 0.29) is 16.0 Å². The molecule has 0 saturated heterocycles. The van der Waals surface area contributed by atoms with Crippen LogP contribution in [0.5, 0.6) is 0 Å². The molecule has 22 heavy (non-hydrogen) atoms. The maximum absolute atomic E-state index is 11.7. The second kappa shape index (κ2) is 6.43. The van der Waals surface area contributed by atoms with Crippen LogP contribution in [0, 0.1) is 6.92 Å². The largest absolute Gasteiger partial charge is 0.466 e. The molecule has 10 heteroatoms. The number of fused-ring (bicyclic) bond motifs is 1. The third-order valence-electron chi connectivity index (χ3n) is 2.55. The number of methoxy groups -OCH3 is 2. The SMILES string of the molecule is COC(=O)C=C(Sc1nnc2cc(C)nc(N)n12)C(=O)OC. The molecule has 0 atom stereocenters. The van der Waals surface area contributed by atoms with E-state index in [2.05, 4.69) is 24.7 Å². The van der Waals surface area contributed by atoms with E-state index in [4.69, 9.17) is 5.73 Å². The van der Waals surface area contributed by atoms with Gasteiger partial charge in [-0.1, -0.05) is 0 Å². The van der Waals surface area contributed by atoms with E-state index in [0.717, 1.165) is 17.8 Å². The van der Waals surface area contributed by atoms with E-state index >= 15 is 0 Å². The fourth-order valence-corrected chi connectivity index (χ4v) is 2.48. The summed E-state index contributed by atoms with van der Waals surface area (Å²) in [5.41, 5.74) is 7.01. The predicted octanol–water partition coefficient (Wildman–Crippen LogP) is 0.337. The van der Waals surface area contributed by atoms with Crippen LogP contribution >= 0.6 is 11.8 Å². The third kappa shape index (κ3) is 3.17. The van der Waals surface area contributed by atoms with E-state index in [1.807, 2.05) is 0 Å². The highest BCUT2D eigenvalue weighted by molar-refractivity contribution is 8.03. The van der Waals surface area contributed by atoms with Crippen LogP contribution in [0.1, 0.15) is 5.69 Å². The lowest BCUT2D eigenvalue weighted by molar-refractivity contribution is -0.137. The maximum atomic E-state index is 11.7. The predicted molar refractivity (Wildman–Crippen MR) is 77.9 cm³/mol. The Morgan fingerprint density at radius 2 is 2.05 bits per heavy atom. The molecule has 0 bridgehead atoms. The molecule has 0 unspecified atom stereocenters. The summed E-state index contributed by atoms with van der Waals surface area (Å²) >= 11 is 0.876. The van der Waals surface area contributed by atoms with Crippen LogP contribution in [0.2, 0.25) is 0 Å². The minimum Gasteiger partial charge on any atom is -0.466 e. The maximum Gasteiger partial charge on any atom is 0.345 e. The number of nitrogen functional groups attached to an aromatic ring is 1. The Bertz CT molecular complexity index is 770. The van der Waals surface area contributed by atoms with Crippen molar-refractivity contribution in [3.8, 4) is 0 Å². The average molecular weight is 323 g/mol. The van der Waals surface area contributed by atoms with Gasteiger partial charge in [0.2, 0.25) is 11.1 Å². The molecule has 0 radical (unpaired) electrons. The first-order valence-electron chi connectivity index (χ1n) is 6.00. The molecule has 2 aromatic rings. The number of rotatable bonds is 4. The van der Waals surface area contributed by atoms with Crippen molar-refractivity contribution in [1.82, 2.24) is 19.6 Å². The van der Waals surface area contributed by atoms with Crippen molar-refractivity contribution >= 4 is 35.3 Å². The lowest BCUT2D eigenvalue weighted by atomic mass is 10.4. The highest BCUT2D eigenvalue weighted by atomic mass is 32.2. The van der Waals surface area contributed by atoms with Crippen LogP contribution in [0.4, 0.5) is 5.95 Å². The second-order valence-electron chi connectivity index (χ2n) is 4.06.